The summed E-state index contributed by atoms with van der Waals surface area (Å²) in [4.78, 5) is 35.9. The summed E-state index contributed by atoms with van der Waals surface area (Å²) in [6.45, 7) is 5.65. The van der Waals surface area contributed by atoms with Crippen LogP contribution in [-0.4, -0.2) is 41.8 Å². The van der Waals surface area contributed by atoms with E-state index in [1.165, 1.54) is 0 Å². The Morgan fingerprint density at radius 3 is 2.03 bits per heavy atom. The van der Waals surface area contributed by atoms with Crippen LogP contribution in [0.1, 0.15) is 50.7 Å². The van der Waals surface area contributed by atoms with Crippen molar-refractivity contribution in [1.82, 2.24) is 10.6 Å². The van der Waals surface area contributed by atoms with Crippen molar-refractivity contribution in [3.8, 4) is 11.1 Å². The average Bonchev–Trinajstić information content (AvgIpc) is 3.05. The van der Waals surface area contributed by atoms with E-state index >= 15 is 0 Å². The Kier molecular flexibility index (Phi) is 7.51. The highest BCUT2D eigenvalue weighted by molar-refractivity contribution is 5.84. The summed E-state index contributed by atoms with van der Waals surface area (Å²) in [6.07, 6.45) is -0.300. The third kappa shape index (κ3) is 5.66. The molecule has 0 heterocycles. The van der Waals surface area contributed by atoms with Crippen molar-refractivity contribution in [2.75, 3.05) is 6.61 Å². The van der Waals surface area contributed by atoms with Crippen molar-refractivity contribution in [2.24, 2.45) is 5.92 Å². The molecule has 2 aromatic carbocycles. The molecule has 170 valence electrons. The molecule has 0 fully saturated rings. The largest absolute Gasteiger partial charge is 0.480 e. The van der Waals surface area contributed by atoms with Crippen LogP contribution in [0.15, 0.2) is 48.5 Å². The normalized spacial score (nSPS) is 14.2. The molecule has 1 unspecified atom stereocenters. The molecular formula is C25H30N2O5. The summed E-state index contributed by atoms with van der Waals surface area (Å²) in [6, 6.07) is 14.7. The second-order valence-corrected chi connectivity index (χ2v) is 8.66. The lowest BCUT2D eigenvalue weighted by molar-refractivity contribution is -0.142. The summed E-state index contributed by atoms with van der Waals surface area (Å²) < 4.78 is 5.49. The first-order chi connectivity index (χ1) is 15.3. The molecule has 2 amide bonds. The topological polar surface area (TPSA) is 105 Å². The monoisotopic (exact) mass is 438 g/mol. The molecule has 0 bridgehead atoms. The highest BCUT2D eigenvalue weighted by Crippen LogP contribution is 2.44. The van der Waals surface area contributed by atoms with Gasteiger partial charge in [-0.3, -0.25) is 4.79 Å². The van der Waals surface area contributed by atoms with Gasteiger partial charge < -0.3 is 20.5 Å². The molecule has 32 heavy (non-hydrogen) atoms. The van der Waals surface area contributed by atoms with Gasteiger partial charge in [-0.15, -0.1) is 0 Å². The average molecular weight is 439 g/mol. The molecule has 1 aliphatic rings. The minimum absolute atomic E-state index is 0.0356. The molecule has 7 heteroatoms. The second kappa shape index (κ2) is 10.3. The predicted octanol–water partition coefficient (Wildman–Crippen LogP) is 3.92. The lowest BCUT2D eigenvalue weighted by Crippen LogP contribution is -2.44. The van der Waals surface area contributed by atoms with Crippen LogP contribution in [0.5, 0.6) is 0 Å². The van der Waals surface area contributed by atoms with Crippen LogP contribution in [0.3, 0.4) is 0 Å². The van der Waals surface area contributed by atoms with E-state index in [1.807, 2.05) is 50.2 Å². The molecule has 0 aliphatic heterocycles. The molecule has 3 rings (SSSR count). The van der Waals surface area contributed by atoms with E-state index in [0.29, 0.717) is 6.42 Å². The van der Waals surface area contributed by atoms with Crippen LogP contribution < -0.4 is 10.6 Å². The molecule has 1 aliphatic carbocycles. The van der Waals surface area contributed by atoms with E-state index in [0.717, 1.165) is 22.3 Å². The van der Waals surface area contributed by atoms with E-state index in [2.05, 4.69) is 22.8 Å². The van der Waals surface area contributed by atoms with E-state index in [4.69, 9.17) is 4.74 Å². The number of aliphatic carboxylic acids is 1. The van der Waals surface area contributed by atoms with E-state index < -0.39 is 30.1 Å². The van der Waals surface area contributed by atoms with Crippen LogP contribution in [0.2, 0.25) is 0 Å². The number of hydrogen-bond donors (Lipinski definition) is 3. The maximum atomic E-state index is 12.3. The summed E-state index contributed by atoms with van der Waals surface area (Å²) >= 11 is 0. The lowest BCUT2D eigenvalue weighted by Gasteiger charge is -2.19. The van der Waals surface area contributed by atoms with Crippen LogP contribution in [-0.2, 0) is 14.3 Å². The van der Waals surface area contributed by atoms with Gasteiger partial charge in [0.15, 0.2) is 0 Å². The van der Waals surface area contributed by atoms with E-state index in [1.54, 1.807) is 6.92 Å². The SMILES string of the molecule is CC(C)C[C@@H](NC(=O)CC(C)NC(=O)OCC1c2ccccc2-c2ccccc21)C(=O)O. The number of carbonyl (C=O) groups is 3. The number of benzene rings is 2. The number of fused-ring (bicyclic) bond motifs is 3. The zero-order valence-electron chi connectivity index (χ0n) is 18.6. The Bertz CT molecular complexity index is 942. The zero-order chi connectivity index (χ0) is 23.3. The van der Waals surface area contributed by atoms with Crippen LogP contribution in [0.4, 0.5) is 4.79 Å². The first-order valence-corrected chi connectivity index (χ1v) is 10.9. The van der Waals surface area contributed by atoms with Crippen LogP contribution in [0.25, 0.3) is 11.1 Å². The Morgan fingerprint density at radius 1 is 0.938 bits per heavy atom. The number of ether oxygens (including phenoxy) is 1. The Morgan fingerprint density at radius 2 is 1.50 bits per heavy atom. The maximum Gasteiger partial charge on any atom is 0.407 e. The molecule has 0 aromatic heterocycles. The number of rotatable bonds is 9. The van der Waals surface area contributed by atoms with Gasteiger partial charge in [0, 0.05) is 18.4 Å². The quantitative estimate of drug-likeness (QED) is 0.550. The lowest BCUT2D eigenvalue weighted by atomic mass is 9.98. The zero-order valence-corrected chi connectivity index (χ0v) is 18.6. The van der Waals surface area contributed by atoms with Crippen molar-refractivity contribution in [3.63, 3.8) is 0 Å². The number of nitrogens with one attached hydrogen (secondary N) is 2. The van der Waals surface area contributed by atoms with Crippen molar-refractivity contribution in [1.29, 1.82) is 0 Å². The van der Waals surface area contributed by atoms with Gasteiger partial charge in [0.05, 0.1) is 0 Å². The molecule has 0 spiro atoms. The maximum absolute atomic E-state index is 12.3. The predicted molar refractivity (Wildman–Crippen MR) is 121 cm³/mol. The Labute approximate surface area is 188 Å². The second-order valence-electron chi connectivity index (χ2n) is 8.66. The smallest absolute Gasteiger partial charge is 0.407 e. The highest BCUT2D eigenvalue weighted by atomic mass is 16.5. The molecule has 0 saturated heterocycles. The van der Waals surface area contributed by atoms with Crippen molar-refractivity contribution in [3.05, 3.63) is 59.7 Å². The molecule has 7 nitrogen and oxygen atoms in total. The van der Waals surface area contributed by atoms with Gasteiger partial charge in [-0.1, -0.05) is 62.4 Å². The number of hydrogen-bond acceptors (Lipinski definition) is 4. The number of amides is 2. The molecular weight excluding hydrogens is 408 g/mol. The third-order valence-electron chi connectivity index (χ3n) is 5.54. The number of alkyl carbamates (subject to hydrolysis) is 1. The van der Waals surface area contributed by atoms with Gasteiger partial charge >= 0.3 is 12.1 Å². The number of carbonyl (C=O) groups excluding carboxylic acids is 2. The van der Waals surface area contributed by atoms with Crippen molar-refractivity contribution in [2.45, 2.75) is 51.6 Å². The third-order valence-corrected chi connectivity index (χ3v) is 5.54. The van der Waals surface area contributed by atoms with Crippen LogP contribution in [0, 0.1) is 5.92 Å². The van der Waals surface area contributed by atoms with Crippen molar-refractivity contribution < 1.29 is 24.2 Å². The highest BCUT2D eigenvalue weighted by Gasteiger charge is 2.29. The van der Waals surface area contributed by atoms with E-state index in [9.17, 15) is 19.5 Å². The van der Waals surface area contributed by atoms with Gasteiger partial charge in [0.2, 0.25) is 5.91 Å². The number of carboxylic acid groups (broad SMARTS) is 1. The first kappa shape index (κ1) is 23.3. The fourth-order valence-corrected chi connectivity index (χ4v) is 4.12. The summed E-state index contributed by atoms with van der Waals surface area (Å²) in [5.41, 5.74) is 4.55. The Balaban J connectivity index is 1.52. The molecule has 0 radical (unpaired) electrons. The summed E-state index contributed by atoms with van der Waals surface area (Å²) in [7, 11) is 0. The van der Waals surface area contributed by atoms with Gasteiger partial charge in [0.25, 0.3) is 0 Å². The van der Waals surface area contributed by atoms with Crippen LogP contribution >= 0.6 is 0 Å². The molecule has 2 aromatic rings. The Hall–Kier alpha value is -3.35. The van der Waals surface area contributed by atoms with Crippen molar-refractivity contribution >= 4 is 18.0 Å². The fraction of sp³-hybridized carbons (Fsp3) is 0.400. The fourth-order valence-electron chi connectivity index (χ4n) is 4.12. The molecule has 0 saturated carbocycles. The number of carboxylic acids is 1. The van der Waals surface area contributed by atoms with Gasteiger partial charge in [-0.2, -0.15) is 0 Å². The van der Waals surface area contributed by atoms with E-state index in [-0.39, 0.29) is 24.9 Å². The standard InChI is InChI=1S/C25H30N2O5/c1-15(2)12-22(24(29)30)27-23(28)13-16(3)26-25(31)32-14-21-19-10-6-4-8-17(19)18-9-5-7-11-20(18)21/h4-11,15-16,21-22H,12-14H2,1-3H3,(H,26,31)(H,27,28)(H,29,30)/t16?,22-/m1/s1. The minimum atomic E-state index is -1.07. The molecule has 3 N–H and O–H groups in total. The molecule has 2 atom stereocenters. The summed E-state index contributed by atoms with van der Waals surface area (Å²) in [5.74, 6) is -1.40. The summed E-state index contributed by atoms with van der Waals surface area (Å²) in [5, 5.41) is 14.4. The minimum Gasteiger partial charge on any atom is -0.480 e. The van der Waals surface area contributed by atoms with Gasteiger partial charge in [-0.05, 0) is 41.5 Å². The van der Waals surface area contributed by atoms with Gasteiger partial charge in [0.1, 0.15) is 12.6 Å². The first-order valence-electron chi connectivity index (χ1n) is 10.9. The van der Waals surface area contributed by atoms with Gasteiger partial charge in [-0.25, -0.2) is 9.59 Å².